The predicted octanol–water partition coefficient (Wildman–Crippen LogP) is 3.74. The number of rotatable bonds is 8. The van der Waals surface area contributed by atoms with Gasteiger partial charge in [0.25, 0.3) is 11.8 Å². The summed E-state index contributed by atoms with van der Waals surface area (Å²) in [6, 6.07) is 15.5. The van der Waals surface area contributed by atoms with Gasteiger partial charge in [-0.25, -0.2) is 11.0 Å². The Hall–Kier alpha value is -3.36. The van der Waals surface area contributed by atoms with Crippen molar-refractivity contribution in [3.8, 4) is 0 Å². The SMILES string of the molecule is N=N/C=C(\CN)C(=O)Nc1ccc(C2NN(C(C3CC3)C3CC3)C(=O)c3ccccc32)cc1. The predicted molar refractivity (Wildman–Crippen MR) is 124 cm³/mol. The highest BCUT2D eigenvalue weighted by molar-refractivity contribution is 6.04. The van der Waals surface area contributed by atoms with Crippen LogP contribution in [0.2, 0.25) is 0 Å². The van der Waals surface area contributed by atoms with E-state index in [1.165, 1.54) is 25.7 Å². The molecule has 0 saturated heterocycles. The van der Waals surface area contributed by atoms with Gasteiger partial charge in [0.2, 0.25) is 0 Å². The highest BCUT2D eigenvalue weighted by Crippen LogP contribution is 2.48. The quantitative estimate of drug-likeness (QED) is 0.366. The monoisotopic (exact) mass is 444 g/mol. The van der Waals surface area contributed by atoms with Gasteiger partial charge in [-0.15, -0.1) is 0 Å². The van der Waals surface area contributed by atoms with Crippen LogP contribution in [0.5, 0.6) is 0 Å². The Labute approximate surface area is 192 Å². The summed E-state index contributed by atoms with van der Waals surface area (Å²) in [6.07, 6.45) is 5.93. The van der Waals surface area contributed by atoms with Crippen molar-refractivity contribution in [1.29, 1.82) is 5.53 Å². The number of carbonyl (C=O) groups is 2. The molecule has 2 amide bonds. The number of nitrogens with one attached hydrogen (secondary N) is 3. The first-order valence-electron chi connectivity index (χ1n) is 11.5. The first-order valence-corrected chi connectivity index (χ1v) is 11.5. The number of nitrogens with zero attached hydrogens (tertiary/aromatic N) is 2. The van der Waals surface area contributed by atoms with Crippen LogP contribution in [0.3, 0.4) is 0 Å². The van der Waals surface area contributed by atoms with Crippen LogP contribution in [-0.4, -0.2) is 29.4 Å². The van der Waals surface area contributed by atoms with Crippen LogP contribution in [0.1, 0.15) is 53.2 Å². The highest BCUT2D eigenvalue weighted by atomic mass is 16.2. The van der Waals surface area contributed by atoms with Crippen LogP contribution in [0.25, 0.3) is 0 Å². The third-order valence-corrected chi connectivity index (χ3v) is 6.73. The normalized spacial score (nSPS) is 20.5. The molecule has 0 spiro atoms. The van der Waals surface area contributed by atoms with Gasteiger partial charge in [-0.2, -0.15) is 5.11 Å². The summed E-state index contributed by atoms with van der Waals surface area (Å²) in [7, 11) is 0. The van der Waals surface area contributed by atoms with Crippen LogP contribution < -0.4 is 16.5 Å². The van der Waals surface area contributed by atoms with Gasteiger partial charge < -0.3 is 11.1 Å². The number of hydrazine groups is 1. The van der Waals surface area contributed by atoms with Crippen molar-refractivity contribution in [2.24, 2.45) is 22.7 Å². The Kier molecular flexibility index (Phi) is 5.78. The van der Waals surface area contributed by atoms with Gasteiger partial charge in [0.05, 0.1) is 23.9 Å². The Morgan fingerprint density at radius 3 is 2.42 bits per heavy atom. The summed E-state index contributed by atoms with van der Waals surface area (Å²) in [5.41, 5.74) is 19.6. The van der Waals surface area contributed by atoms with Crippen molar-refractivity contribution in [3.63, 3.8) is 0 Å². The molecule has 2 aromatic carbocycles. The van der Waals surface area contributed by atoms with E-state index in [0.717, 1.165) is 22.9 Å². The molecule has 170 valence electrons. The molecule has 2 aromatic rings. The number of amides is 2. The largest absolute Gasteiger partial charge is 0.326 e. The van der Waals surface area contributed by atoms with Gasteiger partial charge in [-0.05, 0) is 66.8 Å². The second-order valence-electron chi connectivity index (χ2n) is 9.05. The van der Waals surface area contributed by atoms with E-state index in [4.69, 9.17) is 11.3 Å². The third kappa shape index (κ3) is 4.31. The topological polar surface area (TPSA) is 124 Å². The van der Waals surface area contributed by atoms with Crippen molar-refractivity contribution >= 4 is 17.5 Å². The summed E-state index contributed by atoms with van der Waals surface area (Å²) in [5.74, 6) is 0.877. The highest BCUT2D eigenvalue weighted by Gasteiger charge is 2.48. The lowest BCUT2D eigenvalue weighted by Crippen LogP contribution is -2.56. The molecule has 8 nitrogen and oxygen atoms in total. The van der Waals surface area contributed by atoms with Gasteiger partial charge in [-0.3, -0.25) is 14.6 Å². The molecule has 0 bridgehead atoms. The average molecular weight is 445 g/mol. The van der Waals surface area contributed by atoms with Crippen LogP contribution in [0.15, 0.2) is 65.4 Å². The number of nitrogens with two attached hydrogens (primary N) is 1. The summed E-state index contributed by atoms with van der Waals surface area (Å²) >= 11 is 0. The minimum absolute atomic E-state index is 0.00208. The van der Waals surface area contributed by atoms with Gasteiger partial charge in [0.1, 0.15) is 0 Å². The number of hydrogen-bond donors (Lipinski definition) is 4. The maximum atomic E-state index is 13.4. The van der Waals surface area contributed by atoms with E-state index in [1.807, 2.05) is 53.5 Å². The van der Waals surface area contributed by atoms with E-state index in [9.17, 15) is 9.59 Å². The fourth-order valence-corrected chi connectivity index (χ4v) is 4.75. The maximum Gasteiger partial charge on any atom is 0.268 e. The van der Waals surface area contributed by atoms with E-state index in [-0.39, 0.29) is 36.0 Å². The first kappa shape index (κ1) is 21.5. The summed E-state index contributed by atoms with van der Waals surface area (Å²) in [5, 5.41) is 7.84. The second-order valence-corrected chi connectivity index (χ2v) is 9.05. The minimum Gasteiger partial charge on any atom is -0.326 e. The molecule has 0 aromatic heterocycles. The van der Waals surface area contributed by atoms with Crippen LogP contribution in [0.4, 0.5) is 5.69 Å². The number of benzene rings is 2. The second kappa shape index (κ2) is 8.88. The number of hydrogen-bond acceptors (Lipinski definition) is 6. The molecule has 2 fully saturated rings. The summed E-state index contributed by atoms with van der Waals surface area (Å²) < 4.78 is 0. The van der Waals surface area contributed by atoms with Crippen LogP contribution in [0, 0.1) is 17.4 Å². The fourth-order valence-electron chi connectivity index (χ4n) is 4.75. The molecule has 1 unspecified atom stereocenters. The summed E-state index contributed by atoms with van der Waals surface area (Å²) in [4.78, 5) is 25.7. The molecule has 1 heterocycles. The molecule has 1 atom stereocenters. The van der Waals surface area contributed by atoms with Crippen molar-refractivity contribution < 1.29 is 9.59 Å². The van der Waals surface area contributed by atoms with Crippen LogP contribution >= 0.6 is 0 Å². The Balaban J connectivity index is 1.41. The lowest BCUT2D eigenvalue weighted by Gasteiger charge is -2.40. The first-order chi connectivity index (χ1) is 16.1. The molecule has 1 aliphatic heterocycles. The molecule has 33 heavy (non-hydrogen) atoms. The lowest BCUT2D eigenvalue weighted by atomic mass is 9.91. The standard InChI is InChI=1S/C25H28N6O2/c26-13-18(14-28-27)24(32)29-19-11-9-15(10-12-19)22-20-3-1-2-4-21(20)25(33)31(30-22)23(16-5-6-16)17-7-8-17/h1-4,9-12,14,16-17,22-23,27,30H,5-8,13,26H2,(H,29,32)/b18-14+,28-27?. The van der Waals surface area contributed by atoms with Crippen LogP contribution in [-0.2, 0) is 4.79 Å². The Morgan fingerprint density at radius 1 is 1.15 bits per heavy atom. The lowest BCUT2D eigenvalue weighted by molar-refractivity contribution is -0.112. The van der Waals surface area contributed by atoms with E-state index < -0.39 is 0 Å². The minimum atomic E-state index is -0.379. The molecule has 2 saturated carbocycles. The van der Waals surface area contributed by atoms with Crippen molar-refractivity contribution in [2.45, 2.75) is 37.8 Å². The molecule has 5 N–H and O–H groups in total. The van der Waals surface area contributed by atoms with E-state index in [2.05, 4.69) is 15.9 Å². The molecule has 8 heteroatoms. The number of fused-ring (bicyclic) bond motifs is 1. The van der Waals surface area contributed by atoms with E-state index >= 15 is 0 Å². The number of carbonyl (C=O) groups excluding carboxylic acids is 2. The molecular formula is C25H28N6O2. The summed E-state index contributed by atoms with van der Waals surface area (Å²) in [6.45, 7) is 0.00208. The molecule has 5 rings (SSSR count). The molecule has 2 aliphatic carbocycles. The average Bonchev–Trinajstić information content (AvgIpc) is 3.75. The van der Waals surface area contributed by atoms with Crippen molar-refractivity contribution in [1.82, 2.24) is 10.4 Å². The zero-order valence-corrected chi connectivity index (χ0v) is 18.3. The van der Waals surface area contributed by atoms with Gasteiger partial charge >= 0.3 is 0 Å². The number of anilines is 1. The van der Waals surface area contributed by atoms with Crippen molar-refractivity contribution in [2.75, 3.05) is 11.9 Å². The van der Waals surface area contributed by atoms with Gasteiger partial charge in [0.15, 0.2) is 0 Å². The molecular weight excluding hydrogens is 416 g/mol. The fraction of sp³-hybridized carbons (Fsp3) is 0.360. The van der Waals surface area contributed by atoms with E-state index in [0.29, 0.717) is 17.5 Å². The Morgan fingerprint density at radius 2 is 1.82 bits per heavy atom. The maximum absolute atomic E-state index is 13.4. The van der Waals surface area contributed by atoms with Gasteiger partial charge in [0, 0.05) is 17.8 Å². The zero-order valence-electron chi connectivity index (χ0n) is 18.3. The van der Waals surface area contributed by atoms with Gasteiger partial charge in [-0.1, -0.05) is 30.3 Å². The third-order valence-electron chi connectivity index (χ3n) is 6.73. The smallest absolute Gasteiger partial charge is 0.268 e. The Bertz CT molecular complexity index is 1090. The van der Waals surface area contributed by atoms with E-state index in [1.54, 1.807) is 0 Å². The molecule has 0 radical (unpaired) electrons. The zero-order chi connectivity index (χ0) is 22.9. The van der Waals surface area contributed by atoms with Crippen molar-refractivity contribution in [3.05, 3.63) is 77.0 Å². The molecule has 3 aliphatic rings.